The summed E-state index contributed by atoms with van der Waals surface area (Å²) in [6.45, 7) is 0.855. The Morgan fingerprint density at radius 1 is 1.47 bits per heavy atom. The SMILES string of the molecule is CN1Cc2ccccc2CC1CC(=O)O. The topological polar surface area (TPSA) is 40.5 Å². The van der Waals surface area contributed by atoms with Crippen molar-refractivity contribution < 1.29 is 9.90 Å². The van der Waals surface area contributed by atoms with E-state index < -0.39 is 5.97 Å². The number of carboxylic acid groups (broad SMARTS) is 1. The quantitative estimate of drug-likeness (QED) is 0.795. The summed E-state index contributed by atoms with van der Waals surface area (Å²) in [5.41, 5.74) is 2.61. The summed E-state index contributed by atoms with van der Waals surface area (Å²) >= 11 is 0. The minimum absolute atomic E-state index is 0.136. The smallest absolute Gasteiger partial charge is 0.304 e. The molecule has 1 heterocycles. The van der Waals surface area contributed by atoms with E-state index in [2.05, 4.69) is 17.0 Å². The summed E-state index contributed by atoms with van der Waals surface area (Å²) < 4.78 is 0. The standard InChI is InChI=1S/C12H15NO2/c1-13-8-10-5-3-2-4-9(10)6-11(13)7-12(14)15/h2-5,11H,6-8H2,1H3,(H,14,15). The van der Waals surface area contributed by atoms with Crippen LogP contribution >= 0.6 is 0 Å². The van der Waals surface area contributed by atoms with E-state index in [0.29, 0.717) is 0 Å². The summed E-state index contributed by atoms with van der Waals surface area (Å²) in [5, 5.41) is 8.80. The molecular weight excluding hydrogens is 190 g/mol. The summed E-state index contributed by atoms with van der Waals surface area (Å²) in [6.07, 6.45) is 1.07. The summed E-state index contributed by atoms with van der Waals surface area (Å²) in [4.78, 5) is 12.8. The molecule has 1 aromatic rings. The van der Waals surface area contributed by atoms with Crippen LogP contribution in [-0.2, 0) is 17.8 Å². The van der Waals surface area contributed by atoms with Crippen molar-refractivity contribution in [1.29, 1.82) is 0 Å². The zero-order chi connectivity index (χ0) is 10.8. The summed E-state index contributed by atoms with van der Waals surface area (Å²) in [6, 6.07) is 8.39. The number of fused-ring (bicyclic) bond motifs is 1. The Balaban J connectivity index is 2.18. The lowest BCUT2D eigenvalue weighted by molar-refractivity contribution is -0.138. The van der Waals surface area contributed by atoms with E-state index >= 15 is 0 Å². The van der Waals surface area contributed by atoms with Crippen LogP contribution in [0.3, 0.4) is 0 Å². The molecule has 1 unspecified atom stereocenters. The monoisotopic (exact) mass is 205 g/mol. The second-order valence-electron chi connectivity index (χ2n) is 4.14. The molecule has 0 fully saturated rings. The Labute approximate surface area is 89.3 Å². The van der Waals surface area contributed by atoms with E-state index in [4.69, 9.17) is 5.11 Å². The molecule has 1 N–H and O–H groups in total. The van der Waals surface area contributed by atoms with Gasteiger partial charge in [-0.15, -0.1) is 0 Å². The highest BCUT2D eigenvalue weighted by atomic mass is 16.4. The van der Waals surface area contributed by atoms with Crippen LogP contribution in [0.1, 0.15) is 17.5 Å². The van der Waals surface area contributed by atoms with Crippen LogP contribution in [0.25, 0.3) is 0 Å². The predicted molar refractivity (Wildman–Crippen MR) is 57.7 cm³/mol. The molecule has 1 aliphatic heterocycles. The maximum atomic E-state index is 10.7. The number of carbonyl (C=O) groups is 1. The van der Waals surface area contributed by atoms with Gasteiger partial charge in [0.1, 0.15) is 0 Å². The van der Waals surface area contributed by atoms with Crippen molar-refractivity contribution in [3.05, 3.63) is 35.4 Å². The molecule has 1 atom stereocenters. The Bertz CT molecular complexity index is 376. The van der Waals surface area contributed by atoms with E-state index in [0.717, 1.165) is 13.0 Å². The van der Waals surface area contributed by atoms with Crippen LogP contribution in [0.5, 0.6) is 0 Å². The van der Waals surface area contributed by atoms with Gasteiger partial charge in [-0.25, -0.2) is 0 Å². The molecule has 3 nitrogen and oxygen atoms in total. The highest BCUT2D eigenvalue weighted by Crippen LogP contribution is 2.23. The summed E-state index contributed by atoms with van der Waals surface area (Å²) in [7, 11) is 1.99. The van der Waals surface area contributed by atoms with Crippen molar-refractivity contribution in [2.24, 2.45) is 0 Å². The molecule has 0 bridgehead atoms. The zero-order valence-electron chi connectivity index (χ0n) is 8.81. The molecule has 15 heavy (non-hydrogen) atoms. The van der Waals surface area contributed by atoms with Crippen LogP contribution in [0.4, 0.5) is 0 Å². The molecule has 3 heteroatoms. The Kier molecular flexibility index (Phi) is 2.73. The van der Waals surface area contributed by atoms with Crippen LogP contribution < -0.4 is 0 Å². The van der Waals surface area contributed by atoms with Crippen molar-refractivity contribution in [3.8, 4) is 0 Å². The average Bonchev–Trinajstić information content (AvgIpc) is 2.18. The number of hydrogen-bond donors (Lipinski definition) is 1. The zero-order valence-corrected chi connectivity index (χ0v) is 8.81. The third kappa shape index (κ3) is 2.18. The Morgan fingerprint density at radius 2 is 2.13 bits per heavy atom. The molecule has 0 amide bonds. The number of carboxylic acids is 1. The van der Waals surface area contributed by atoms with Gasteiger partial charge in [0.15, 0.2) is 0 Å². The molecule has 0 aromatic heterocycles. The van der Waals surface area contributed by atoms with E-state index in [1.165, 1.54) is 11.1 Å². The van der Waals surface area contributed by atoms with Crippen molar-refractivity contribution in [2.45, 2.75) is 25.4 Å². The lowest BCUT2D eigenvalue weighted by atomic mass is 9.93. The van der Waals surface area contributed by atoms with Crippen LogP contribution in [0, 0.1) is 0 Å². The lowest BCUT2D eigenvalue weighted by Gasteiger charge is -2.33. The number of likely N-dealkylation sites (N-methyl/N-ethyl adjacent to an activating group) is 1. The number of rotatable bonds is 2. The molecular formula is C12H15NO2. The third-order valence-electron chi connectivity index (χ3n) is 3.03. The minimum atomic E-state index is -0.716. The molecule has 80 valence electrons. The molecule has 2 rings (SSSR count). The van der Waals surface area contributed by atoms with Crippen LogP contribution in [0.15, 0.2) is 24.3 Å². The normalized spacial score (nSPS) is 21.0. The van der Waals surface area contributed by atoms with Gasteiger partial charge in [0.05, 0.1) is 6.42 Å². The second-order valence-corrected chi connectivity index (χ2v) is 4.14. The van der Waals surface area contributed by atoms with Gasteiger partial charge in [-0.2, -0.15) is 0 Å². The van der Waals surface area contributed by atoms with Gasteiger partial charge in [0.25, 0.3) is 0 Å². The molecule has 0 aliphatic carbocycles. The Hall–Kier alpha value is -1.35. The van der Waals surface area contributed by atoms with Crippen LogP contribution in [0.2, 0.25) is 0 Å². The van der Waals surface area contributed by atoms with Gasteiger partial charge in [-0.05, 0) is 24.6 Å². The van der Waals surface area contributed by atoms with Crippen LogP contribution in [-0.4, -0.2) is 29.1 Å². The third-order valence-corrected chi connectivity index (χ3v) is 3.03. The van der Waals surface area contributed by atoms with Gasteiger partial charge in [0.2, 0.25) is 0 Å². The van der Waals surface area contributed by atoms with E-state index in [1.54, 1.807) is 0 Å². The van der Waals surface area contributed by atoms with Gasteiger partial charge < -0.3 is 5.11 Å². The van der Waals surface area contributed by atoms with Gasteiger partial charge >= 0.3 is 5.97 Å². The first kappa shape index (κ1) is 10.2. The second kappa shape index (κ2) is 4.03. The number of hydrogen-bond acceptors (Lipinski definition) is 2. The Morgan fingerprint density at radius 3 is 2.80 bits per heavy atom. The largest absolute Gasteiger partial charge is 0.481 e. The van der Waals surface area contributed by atoms with E-state index in [-0.39, 0.29) is 12.5 Å². The lowest BCUT2D eigenvalue weighted by Crippen LogP contribution is -2.38. The fourth-order valence-electron chi connectivity index (χ4n) is 2.15. The first-order valence-electron chi connectivity index (χ1n) is 5.15. The molecule has 0 spiro atoms. The first-order valence-corrected chi connectivity index (χ1v) is 5.15. The average molecular weight is 205 g/mol. The molecule has 1 aromatic carbocycles. The highest BCUT2D eigenvalue weighted by molar-refractivity contribution is 5.67. The van der Waals surface area contributed by atoms with Crippen molar-refractivity contribution in [2.75, 3.05) is 7.05 Å². The highest BCUT2D eigenvalue weighted by Gasteiger charge is 2.24. The first-order chi connectivity index (χ1) is 7.16. The van der Waals surface area contributed by atoms with Gasteiger partial charge in [0, 0.05) is 12.6 Å². The maximum absolute atomic E-state index is 10.7. The van der Waals surface area contributed by atoms with Crippen molar-refractivity contribution in [3.63, 3.8) is 0 Å². The summed E-state index contributed by atoms with van der Waals surface area (Å²) in [5.74, 6) is -0.716. The molecule has 0 saturated heterocycles. The predicted octanol–water partition coefficient (Wildman–Crippen LogP) is 1.52. The van der Waals surface area contributed by atoms with E-state index in [1.807, 2.05) is 19.2 Å². The maximum Gasteiger partial charge on any atom is 0.304 e. The fraction of sp³-hybridized carbons (Fsp3) is 0.417. The molecule has 1 aliphatic rings. The van der Waals surface area contributed by atoms with Gasteiger partial charge in [-0.3, -0.25) is 9.69 Å². The van der Waals surface area contributed by atoms with Crippen molar-refractivity contribution >= 4 is 5.97 Å². The molecule has 0 radical (unpaired) electrons. The number of benzene rings is 1. The minimum Gasteiger partial charge on any atom is -0.481 e. The van der Waals surface area contributed by atoms with Gasteiger partial charge in [-0.1, -0.05) is 24.3 Å². The number of aliphatic carboxylic acids is 1. The number of nitrogens with zero attached hydrogens (tertiary/aromatic N) is 1. The van der Waals surface area contributed by atoms with E-state index in [9.17, 15) is 4.79 Å². The fourth-order valence-corrected chi connectivity index (χ4v) is 2.15. The molecule has 0 saturated carbocycles. The van der Waals surface area contributed by atoms with Crippen molar-refractivity contribution in [1.82, 2.24) is 4.90 Å².